The van der Waals surface area contributed by atoms with Gasteiger partial charge in [-0.15, -0.1) is 0 Å². The maximum absolute atomic E-state index is 12.4. The molecule has 1 amide bonds. The zero-order valence-electron chi connectivity index (χ0n) is 11.3. The molecular weight excluding hydrogens is 317 g/mol. The van der Waals surface area contributed by atoms with Crippen molar-refractivity contribution >= 4 is 35.1 Å². The van der Waals surface area contributed by atoms with Crippen LogP contribution < -0.4 is 0 Å². The molecule has 2 heterocycles. The van der Waals surface area contributed by atoms with Crippen LogP contribution in [0.4, 0.5) is 0 Å². The van der Waals surface area contributed by atoms with Crippen molar-refractivity contribution in [1.82, 2.24) is 14.8 Å². The molecule has 2 rings (SSSR count). The van der Waals surface area contributed by atoms with E-state index in [1.54, 1.807) is 4.90 Å². The molecule has 114 valence electrons. The first-order chi connectivity index (χ1) is 9.97. The normalized spacial score (nSPS) is 16.6. The van der Waals surface area contributed by atoms with Crippen molar-refractivity contribution in [3.8, 4) is 0 Å². The van der Waals surface area contributed by atoms with Crippen molar-refractivity contribution < 1.29 is 14.7 Å². The van der Waals surface area contributed by atoms with Gasteiger partial charge in [0.05, 0.1) is 17.1 Å². The summed E-state index contributed by atoms with van der Waals surface area (Å²) < 4.78 is 0. The minimum Gasteiger partial charge on any atom is -0.480 e. The topological polar surface area (TPSA) is 73.7 Å². The minimum absolute atomic E-state index is 0.00361. The van der Waals surface area contributed by atoms with Gasteiger partial charge in [0.2, 0.25) is 0 Å². The third-order valence-electron chi connectivity index (χ3n) is 3.28. The van der Waals surface area contributed by atoms with Gasteiger partial charge in [0, 0.05) is 32.4 Å². The van der Waals surface area contributed by atoms with Gasteiger partial charge < -0.3 is 10.0 Å². The SMILES string of the molecule is O=C(O)CN1CCCN(C(=O)c2cnc(Cl)c(Cl)c2)CC1. The molecule has 1 fully saturated rings. The molecule has 0 aromatic carbocycles. The van der Waals surface area contributed by atoms with E-state index < -0.39 is 5.97 Å². The van der Waals surface area contributed by atoms with Crippen molar-refractivity contribution in [3.63, 3.8) is 0 Å². The molecule has 0 spiro atoms. The van der Waals surface area contributed by atoms with Gasteiger partial charge in [0.15, 0.2) is 0 Å². The van der Waals surface area contributed by atoms with Gasteiger partial charge >= 0.3 is 5.97 Å². The fraction of sp³-hybridized carbons (Fsp3) is 0.462. The smallest absolute Gasteiger partial charge is 0.317 e. The number of carbonyl (C=O) groups excluding carboxylic acids is 1. The number of pyridine rings is 1. The average molecular weight is 332 g/mol. The molecule has 1 N–H and O–H groups in total. The van der Waals surface area contributed by atoms with Crippen LogP contribution in [0.1, 0.15) is 16.8 Å². The van der Waals surface area contributed by atoms with Gasteiger partial charge in [-0.25, -0.2) is 4.98 Å². The number of rotatable bonds is 3. The quantitative estimate of drug-likeness (QED) is 0.852. The Bertz CT molecular complexity index is 553. The fourth-order valence-corrected chi connectivity index (χ4v) is 2.51. The number of hydrogen-bond acceptors (Lipinski definition) is 4. The molecule has 0 atom stereocenters. The summed E-state index contributed by atoms with van der Waals surface area (Å²) in [5.74, 6) is -1.03. The highest BCUT2D eigenvalue weighted by Gasteiger charge is 2.22. The second-order valence-electron chi connectivity index (χ2n) is 4.81. The molecule has 0 saturated carbocycles. The number of aromatic nitrogens is 1. The molecule has 1 aromatic heterocycles. The third-order valence-corrected chi connectivity index (χ3v) is 3.96. The summed E-state index contributed by atoms with van der Waals surface area (Å²) >= 11 is 11.6. The molecule has 6 nitrogen and oxygen atoms in total. The minimum atomic E-state index is -0.858. The first kappa shape index (κ1) is 16.0. The number of hydrogen-bond donors (Lipinski definition) is 1. The Balaban J connectivity index is 2.02. The van der Waals surface area contributed by atoms with Gasteiger partial charge in [-0.05, 0) is 12.5 Å². The number of carbonyl (C=O) groups is 2. The Kier molecular flexibility index (Phi) is 5.39. The molecule has 8 heteroatoms. The van der Waals surface area contributed by atoms with E-state index in [4.69, 9.17) is 28.3 Å². The van der Waals surface area contributed by atoms with Crippen LogP contribution in [-0.2, 0) is 4.79 Å². The molecule has 1 aromatic rings. The lowest BCUT2D eigenvalue weighted by atomic mass is 10.2. The van der Waals surface area contributed by atoms with E-state index in [9.17, 15) is 9.59 Å². The summed E-state index contributed by atoms with van der Waals surface area (Å²) in [5.41, 5.74) is 0.385. The summed E-state index contributed by atoms with van der Waals surface area (Å²) in [5, 5.41) is 9.21. The number of halogens is 2. The van der Waals surface area contributed by atoms with Crippen molar-refractivity contribution in [2.45, 2.75) is 6.42 Å². The summed E-state index contributed by atoms with van der Waals surface area (Å²) in [4.78, 5) is 30.5. The number of amides is 1. The Hall–Kier alpha value is -1.37. The van der Waals surface area contributed by atoms with E-state index in [2.05, 4.69) is 4.98 Å². The Morgan fingerprint density at radius 2 is 2.00 bits per heavy atom. The molecule has 1 saturated heterocycles. The van der Waals surface area contributed by atoms with Gasteiger partial charge in [-0.1, -0.05) is 23.2 Å². The summed E-state index contributed by atoms with van der Waals surface area (Å²) in [7, 11) is 0. The lowest BCUT2D eigenvalue weighted by Crippen LogP contribution is -2.36. The largest absolute Gasteiger partial charge is 0.480 e. The zero-order valence-corrected chi connectivity index (χ0v) is 12.8. The standard InChI is InChI=1S/C13H15Cl2N3O3/c14-10-6-9(7-16-12(10)15)13(21)18-3-1-2-17(4-5-18)8-11(19)20/h6-7H,1-5,8H2,(H,19,20). The molecule has 0 unspecified atom stereocenters. The second kappa shape index (κ2) is 7.06. The molecular formula is C13H15Cl2N3O3. The predicted octanol–water partition coefficient (Wildman–Crippen LogP) is 1.62. The number of carboxylic acid groups (broad SMARTS) is 1. The van der Waals surface area contributed by atoms with Crippen molar-refractivity contribution in [2.75, 3.05) is 32.7 Å². The summed E-state index contributed by atoms with van der Waals surface area (Å²) in [6.45, 7) is 2.25. The number of aliphatic carboxylic acids is 1. The van der Waals surface area contributed by atoms with E-state index in [0.717, 1.165) is 6.42 Å². The van der Waals surface area contributed by atoms with Crippen LogP contribution in [0.3, 0.4) is 0 Å². The van der Waals surface area contributed by atoms with Gasteiger partial charge in [-0.2, -0.15) is 0 Å². The maximum atomic E-state index is 12.4. The predicted molar refractivity (Wildman–Crippen MR) is 78.9 cm³/mol. The molecule has 1 aliphatic heterocycles. The number of nitrogens with zero attached hydrogens (tertiary/aromatic N) is 3. The van der Waals surface area contributed by atoms with E-state index in [1.165, 1.54) is 12.3 Å². The van der Waals surface area contributed by atoms with Crippen LogP contribution in [0.2, 0.25) is 10.2 Å². The first-order valence-electron chi connectivity index (χ1n) is 6.52. The van der Waals surface area contributed by atoms with E-state index in [0.29, 0.717) is 31.7 Å². The second-order valence-corrected chi connectivity index (χ2v) is 5.58. The Labute approximate surface area is 132 Å². The molecule has 0 aliphatic carbocycles. The van der Waals surface area contributed by atoms with Crippen molar-refractivity contribution in [3.05, 3.63) is 28.0 Å². The maximum Gasteiger partial charge on any atom is 0.317 e. The highest BCUT2D eigenvalue weighted by atomic mass is 35.5. The summed E-state index contributed by atoms with van der Waals surface area (Å²) in [6, 6.07) is 1.50. The van der Waals surface area contributed by atoms with Crippen LogP contribution in [0.15, 0.2) is 12.3 Å². The van der Waals surface area contributed by atoms with E-state index >= 15 is 0 Å². The van der Waals surface area contributed by atoms with Crippen LogP contribution in [-0.4, -0.2) is 64.5 Å². The lowest BCUT2D eigenvalue weighted by molar-refractivity contribution is -0.138. The molecule has 0 bridgehead atoms. The summed E-state index contributed by atoms with van der Waals surface area (Å²) in [6.07, 6.45) is 2.13. The first-order valence-corrected chi connectivity index (χ1v) is 7.27. The van der Waals surface area contributed by atoms with Gasteiger partial charge in [0.1, 0.15) is 5.15 Å². The van der Waals surface area contributed by atoms with Gasteiger partial charge in [0.25, 0.3) is 5.91 Å². The van der Waals surface area contributed by atoms with Crippen molar-refractivity contribution in [2.24, 2.45) is 0 Å². The van der Waals surface area contributed by atoms with Crippen LogP contribution >= 0.6 is 23.2 Å². The third kappa shape index (κ3) is 4.30. The Morgan fingerprint density at radius 1 is 1.24 bits per heavy atom. The monoisotopic (exact) mass is 331 g/mol. The van der Waals surface area contributed by atoms with Gasteiger partial charge in [-0.3, -0.25) is 14.5 Å². The van der Waals surface area contributed by atoms with E-state index in [1.807, 2.05) is 4.90 Å². The van der Waals surface area contributed by atoms with Crippen LogP contribution in [0.25, 0.3) is 0 Å². The Morgan fingerprint density at radius 3 is 2.67 bits per heavy atom. The van der Waals surface area contributed by atoms with E-state index in [-0.39, 0.29) is 22.6 Å². The average Bonchev–Trinajstić information content (AvgIpc) is 2.66. The fourth-order valence-electron chi connectivity index (χ4n) is 2.24. The highest BCUT2D eigenvalue weighted by molar-refractivity contribution is 6.41. The zero-order chi connectivity index (χ0) is 15.4. The number of carboxylic acids is 1. The molecule has 0 radical (unpaired) electrons. The van der Waals surface area contributed by atoms with Crippen LogP contribution in [0.5, 0.6) is 0 Å². The van der Waals surface area contributed by atoms with Crippen molar-refractivity contribution in [1.29, 1.82) is 0 Å². The molecule has 1 aliphatic rings. The lowest BCUT2D eigenvalue weighted by Gasteiger charge is -2.21. The van der Waals surface area contributed by atoms with Crippen LogP contribution in [0, 0.1) is 0 Å². The highest BCUT2D eigenvalue weighted by Crippen LogP contribution is 2.20. The molecule has 21 heavy (non-hydrogen) atoms.